The summed E-state index contributed by atoms with van der Waals surface area (Å²) in [4.78, 5) is 25.7. The van der Waals surface area contributed by atoms with E-state index >= 15 is 0 Å². The number of carbonyl (C=O) groups excluding carboxylic acids is 2. The van der Waals surface area contributed by atoms with Gasteiger partial charge in [-0.1, -0.05) is 175 Å². The lowest BCUT2D eigenvalue weighted by molar-refractivity contribution is -0.151. The maximum Gasteiger partial charge on any atom is 0.306 e. The number of amides is 1. The lowest BCUT2D eigenvalue weighted by Gasteiger charge is -2.24. The number of hydrogen-bond acceptors (Lipinski definition) is 5. The van der Waals surface area contributed by atoms with E-state index in [9.17, 15) is 19.8 Å². The van der Waals surface area contributed by atoms with E-state index < -0.39 is 18.2 Å². The molecule has 0 aliphatic carbocycles. The Labute approximate surface area is 279 Å². The number of rotatable bonds is 35. The van der Waals surface area contributed by atoms with E-state index in [0.717, 1.165) is 44.9 Å². The van der Waals surface area contributed by atoms with Gasteiger partial charge in [-0.25, -0.2) is 0 Å². The fourth-order valence-corrected chi connectivity index (χ4v) is 6.13. The van der Waals surface area contributed by atoms with Crippen molar-refractivity contribution in [3.05, 3.63) is 0 Å². The van der Waals surface area contributed by atoms with Crippen LogP contribution < -0.4 is 5.32 Å². The molecule has 0 aliphatic heterocycles. The zero-order valence-corrected chi connectivity index (χ0v) is 30.3. The van der Waals surface area contributed by atoms with Crippen LogP contribution in [0.15, 0.2) is 0 Å². The summed E-state index contributed by atoms with van der Waals surface area (Å²) in [6, 6.07) is -0.687. The molecule has 0 saturated heterocycles. The molecule has 3 unspecified atom stereocenters. The van der Waals surface area contributed by atoms with E-state index in [1.807, 2.05) is 0 Å². The molecule has 0 aromatic heterocycles. The zero-order valence-electron chi connectivity index (χ0n) is 30.3. The fraction of sp³-hybridized carbons (Fsp3) is 0.949. The third kappa shape index (κ3) is 30.0. The van der Waals surface area contributed by atoms with Crippen molar-refractivity contribution in [2.75, 3.05) is 6.61 Å². The predicted molar refractivity (Wildman–Crippen MR) is 190 cm³/mol. The number of ether oxygens (including phenoxy) is 1. The minimum absolute atomic E-state index is 0.0846. The first-order chi connectivity index (χ1) is 22.0. The first kappa shape index (κ1) is 43.9. The Bertz CT molecular complexity index is 643. The first-order valence-electron chi connectivity index (χ1n) is 19.8. The maximum atomic E-state index is 13.0. The van der Waals surface area contributed by atoms with E-state index in [1.165, 1.54) is 122 Å². The van der Waals surface area contributed by atoms with Crippen molar-refractivity contribution in [1.29, 1.82) is 0 Å². The molecule has 0 aromatic carbocycles. The smallest absolute Gasteiger partial charge is 0.306 e. The summed E-state index contributed by atoms with van der Waals surface area (Å²) in [5.74, 6) is -0.472. The Morgan fingerprint density at radius 2 is 0.933 bits per heavy atom. The highest BCUT2D eigenvalue weighted by Gasteiger charge is 2.24. The summed E-state index contributed by atoms with van der Waals surface area (Å²) in [5.41, 5.74) is 0. The molecular formula is C39H77NO5. The minimum atomic E-state index is -0.774. The van der Waals surface area contributed by atoms with Crippen LogP contribution in [0.5, 0.6) is 0 Å². The van der Waals surface area contributed by atoms with Gasteiger partial charge in [0.1, 0.15) is 6.10 Å². The molecule has 0 bridgehead atoms. The number of aliphatic hydroxyl groups excluding tert-OH is 2. The van der Waals surface area contributed by atoms with Crippen molar-refractivity contribution in [2.45, 2.75) is 232 Å². The van der Waals surface area contributed by atoms with Gasteiger partial charge in [-0.2, -0.15) is 0 Å². The Kier molecular flexibility index (Phi) is 33.3. The van der Waals surface area contributed by atoms with Crippen LogP contribution in [-0.2, 0) is 14.3 Å². The van der Waals surface area contributed by atoms with E-state index in [0.29, 0.717) is 19.3 Å². The molecule has 6 nitrogen and oxygen atoms in total. The largest absolute Gasteiger partial charge is 0.462 e. The molecule has 268 valence electrons. The second-order valence-electron chi connectivity index (χ2n) is 13.7. The monoisotopic (exact) mass is 640 g/mol. The molecule has 0 spiro atoms. The molecule has 3 N–H and O–H groups in total. The molecule has 0 aliphatic rings. The summed E-state index contributed by atoms with van der Waals surface area (Å²) < 4.78 is 5.84. The van der Waals surface area contributed by atoms with Crippen LogP contribution in [0.4, 0.5) is 0 Å². The summed E-state index contributed by atoms with van der Waals surface area (Å²) in [6.07, 6.45) is 31.7. The molecule has 0 fully saturated rings. The third-order valence-electron chi connectivity index (χ3n) is 9.19. The van der Waals surface area contributed by atoms with Crippen molar-refractivity contribution < 1.29 is 24.5 Å². The van der Waals surface area contributed by atoms with Crippen LogP contribution in [0.2, 0.25) is 0 Å². The molecule has 45 heavy (non-hydrogen) atoms. The number of hydrogen-bond donors (Lipinski definition) is 3. The zero-order chi connectivity index (χ0) is 33.2. The molecule has 0 radical (unpaired) electrons. The highest BCUT2D eigenvalue weighted by Crippen LogP contribution is 2.17. The van der Waals surface area contributed by atoms with Crippen molar-refractivity contribution in [2.24, 2.45) is 0 Å². The van der Waals surface area contributed by atoms with Crippen molar-refractivity contribution >= 4 is 11.9 Å². The summed E-state index contributed by atoms with van der Waals surface area (Å²) >= 11 is 0. The van der Waals surface area contributed by atoms with Gasteiger partial charge in [0.05, 0.1) is 25.2 Å². The molecule has 0 rings (SSSR count). The standard InChI is InChI=1S/C39H77NO5/c1-4-7-10-13-16-19-22-25-28-31-37(42)36(34-41)40-38(43)33-35(30-27-24-21-18-15-12-9-6-3)45-39(44)32-29-26-23-20-17-14-11-8-5-2/h35-37,41-42H,4-34H2,1-3H3,(H,40,43). The van der Waals surface area contributed by atoms with E-state index in [2.05, 4.69) is 26.1 Å². The fourth-order valence-electron chi connectivity index (χ4n) is 6.13. The van der Waals surface area contributed by atoms with E-state index in [4.69, 9.17) is 4.74 Å². The predicted octanol–water partition coefficient (Wildman–Crippen LogP) is 10.5. The minimum Gasteiger partial charge on any atom is -0.462 e. The van der Waals surface area contributed by atoms with Gasteiger partial charge in [0.2, 0.25) is 5.91 Å². The van der Waals surface area contributed by atoms with Gasteiger partial charge >= 0.3 is 5.97 Å². The number of unbranched alkanes of at least 4 members (excludes halogenated alkanes) is 23. The maximum absolute atomic E-state index is 13.0. The van der Waals surface area contributed by atoms with Gasteiger partial charge in [0.15, 0.2) is 0 Å². The number of esters is 1. The molecule has 1 amide bonds. The highest BCUT2D eigenvalue weighted by atomic mass is 16.5. The molecule has 0 heterocycles. The number of aliphatic hydroxyl groups is 2. The Morgan fingerprint density at radius 3 is 1.36 bits per heavy atom. The first-order valence-corrected chi connectivity index (χ1v) is 19.8. The number of nitrogens with one attached hydrogen (secondary N) is 1. The van der Waals surface area contributed by atoms with Crippen LogP contribution in [-0.4, -0.2) is 46.9 Å². The van der Waals surface area contributed by atoms with E-state index in [1.54, 1.807) is 0 Å². The molecule has 0 aromatic rings. The van der Waals surface area contributed by atoms with Crippen LogP contribution in [0.1, 0.15) is 213 Å². The molecule has 6 heteroatoms. The van der Waals surface area contributed by atoms with Gasteiger partial charge in [0, 0.05) is 6.42 Å². The van der Waals surface area contributed by atoms with Crippen LogP contribution in [0.3, 0.4) is 0 Å². The lowest BCUT2D eigenvalue weighted by atomic mass is 10.0. The second kappa shape index (κ2) is 34.2. The molecular weight excluding hydrogens is 562 g/mol. The Hall–Kier alpha value is -1.14. The summed E-state index contributed by atoms with van der Waals surface area (Å²) in [5, 5.41) is 23.4. The van der Waals surface area contributed by atoms with E-state index in [-0.39, 0.29) is 24.9 Å². The van der Waals surface area contributed by atoms with Crippen LogP contribution >= 0.6 is 0 Å². The summed E-state index contributed by atoms with van der Waals surface area (Å²) in [6.45, 7) is 6.40. The quantitative estimate of drug-likeness (QED) is 0.0474. The average molecular weight is 640 g/mol. The average Bonchev–Trinajstić information content (AvgIpc) is 3.03. The SMILES string of the molecule is CCCCCCCCCCCC(=O)OC(CCCCCCCCCC)CC(=O)NC(CO)C(O)CCCCCCCCCCC. The Morgan fingerprint density at radius 1 is 0.556 bits per heavy atom. The van der Waals surface area contributed by atoms with Crippen molar-refractivity contribution in [3.63, 3.8) is 0 Å². The second-order valence-corrected chi connectivity index (χ2v) is 13.7. The number of carbonyl (C=O) groups is 2. The van der Waals surface area contributed by atoms with Crippen molar-refractivity contribution in [1.82, 2.24) is 5.32 Å². The van der Waals surface area contributed by atoms with Gasteiger partial charge in [-0.05, 0) is 25.7 Å². The summed E-state index contributed by atoms with van der Waals surface area (Å²) in [7, 11) is 0. The molecule has 3 atom stereocenters. The van der Waals surface area contributed by atoms with Gasteiger partial charge in [0.25, 0.3) is 0 Å². The lowest BCUT2D eigenvalue weighted by Crippen LogP contribution is -2.46. The Balaban J connectivity index is 4.55. The van der Waals surface area contributed by atoms with Gasteiger partial charge in [-0.15, -0.1) is 0 Å². The van der Waals surface area contributed by atoms with Crippen LogP contribution in [0.25, 0.3) is 0 Å². The third-order valence-corrected chi connectivity index (χ3v) is 9.19. The topological polar surface area (TPSA) is 95.9 Å². The van der Waals surface area contributed by atoms with Gasteiger partial charge in [-0.3, -0.25) is 9.59 Å². The van der Waals surface area contributed by atoms with Gasteiger partial charge < -0.3 is 20.3 Å². The van der Waals surface area contributed by atoms with Crippen molar-refractivity contribution in [3.8, 4) is 0 Å². The highest BCUT2D eigenvalue weighted by molar-refractivity contribution is 5.77. The molecule has 0 saturated carbocycles. The normalized spacial score (nSPS) is 13.4. The van der Waals surface area contributed by atoms with Crippen LogP contribution in [0, 0.1) is 0 Å².